The smallest absolute Gasteiger partial charge is 0.225 e. The highest BCUT2D eigenvalue weighted by atomic mass is 35.5. The van der Waals surface area contributed by atoms with E-state index >= 15 is 0 Å². The van der Waals surface area contributed by atoms with Crippen LogP contribution in [0.4, 0.5) is 0 Å². The van der Waals surface area contributed by atoms with Crippen LogP contribution in [0, 0.1) is 0 Å². The van der Waals surface area contributed by atoms with Gasteiger partial charge in [-0.3, -0.25) is 4.79 Å². The molecule has 1 aromatic rings. The van der Waals surface area contributed by atoms with Crippen molar-refractivity contribution >= 4 is 29.1 Å². The molecule has 2 unspecified atom stereocenters. The molecule has 2 bridgehead atoms. The Morgan fingerprint density at radius 2 is 1.96 bits per heavy atom. The lowest BCUT2D eigenvalue weighted by atomic mass is 9.98. The van der Waals surface area contributed by atoms with Gasteiger partial charge in [-0.25, -0.2) is 0 Å². The summed E-state index contributed by atoms with van der Waals surface area (Å²) in [6, 6.07) is 6.64. The minimum atomic E-state index is 0.136. The van der Waals surface area contributed by atoms with Crippen LogP contribution in [0.1, 0.15) is 32.1 Å². The second-order valence-electron chi connectivity index (χ2n) is 6.44. The number of hydrogen-bond donors (Lipinski definition) is 1. The van der Waals surface area contributed by atoms with Crippen molar-refractivity contribution in [2.75, 3.05) is 13.7 Å². The molecule has 0 radical (unpaired) electrons. The van der Waals surface area contributed by atoms with Gasteiger partial charge in [-0.2, -0.15) is 0 Å². The van der Waals surface area contributed by atoms with Gasteiger partial charge in [0.25, 0.3) is 0 Å². The summed E-state index contributed by atoms with van der Waals surface area (Å²) in [7, 11) is 1.91. The van der Waals surface area contributed by atoms with Gasteiger partial charge in [0.05, 0.1) is 23.1 Å². The summed E-state index contributed by atoms with van der Waals surface area (Å²) < 4.78 is 5.60. The Hall–Kier alpha value is -0.970. The van der Waals surface area contributed by atoms with Crippen molar-refractivity contribution in [1.82, 2.24) is 10.2 Å². The van der Waals surface area contributed by atoms with Crippen molar-refractivity contribution in [3.05, 3.63) is 28.2 Å². The summed E-state index contributed by atoms with van der Waals surface area (Å²) in [5.41, 5.74) is 0. The average Bonchev–Trinajstić information content (AvgIpc) is 2.88. The zero-order valence-electron chi connectivity index (χ0n) is 13.2. The van der Waals surface area contributed by atoms with Crippen LogP contribution < -0.4 is 10.1 Å². The number of carbonyl (C=O) groups is 1. The Kier molecular flexibility index (Phi) is 5.34. The van der Waals surface area contributed by atoms with Crippen LogP contribution in [0.3, 0.4) is 0 Å². The molecule has 2 atom stereocenters. The number of hydrogen-bond acceptors (Lipinski definition) is 3. The molecule has 126 valence electrons. The van der Waals surface area contributed by atoms with Crippen LogP contribution in [0.25, 0.3) is 0 Å². The standard InChI is InChI=1S/C17H22Cl2N2O2/c1-21(13-8-11-2-3-12(9-13)20-11)17(22)6-7-23-14-4-5-15(18)16(19)10-14/h4-5,10-13,20H,2-3,6-9H2,1H3. The average molecular weight is 357 g/mol. The predicted molar refractivity (Wildman–Crippen MR) is 92.3 cm³/mol. The lowest BCUT2D eigenvalue weighted by Crippen LogP contribution is -2.48. The number of halogens is 2. The quantitative estimate of drug-likeness (QED) is 0.877. The predicted octanol–water partition coefficient (Wildman–Crippen LogP) is 3.50. The molecule has 2 aliphatic rings. The summed E-state index contributed by atoms with van der Waals surface area (Å²) in [4.78, 5) is 14.3. The second kappa shape index (κ2) is 7.29. The van der Waals surface area contributed by atoms with Gasteiger partial charge in [0.2, 0.25) is 5.91 Å². The first-order valence-corrected chi connectivity index (χ1v) is 8.88. The van der Waals surface area contributed by atoms with Crippen LogP contribution in [0.15, 0.2) is 18.2 Å². The topological polar surface area (TPSA) is 41.6 Å². The van der Waals surface area contributed by atoms with E-state index in [1.54, 1.807) is 18.2 Å². The van der Waals surface area contributed by atoms with Crippen LogP contribution in [-0.2, 0) is 4.79 Å². The Bertz CT molecular complexity index is 570. The Balaban J connectivity index is 1.46. The summed E-state index contributed by atoms with van der Waals surface area (Å²) in [6.07, 6.45) is 4.97. The molecule has 0 aromatic heterocycles. The molecule has 3 rings (SSSR count). The zero-order chi connectivity index (χ0) is 16.4. The van der Waals surface area contributed by atoms with Crippen molar-refractivity contribution in [2.45, 2.75) is 50.2 Å². The Labute approximate surface area is 147 Å². The molecule has 1 amide bonds. The summed E-state index contributed by atoms with van der Waals surface area (Å²) in [6.45, 7) is 0.346. The fourth-order valence-electron chi connectivity index (χ4n) is 3.55. The lowest BCUT2D eigenvalue weighted by molar-refractivity contribution is -0.133. The van der Waals surface area contributed by atoms with Gasteiger partial charge in [-0.1, -0.05) is 23.2 Å². The normalized spacial score (nSPS) is 26.1. The maximum absolute atomic E-state index is 12.4. The first-order valence-electron chi connectivity index (χ1n) is 8.12. The third-order valence-corrected chi connectivity index (χ3v) is 5.60. The maximum atomic E-state index is 12.4. The molecular weight excluding hydrogens is 335 g/mol. The van der Waals surface area contributed by atoms with Crippen molar-refractivity contribution in [2.24, 2.45) is 0 Å². The van der Waals surface area contributed by atoms with E-state index in [-0.39, 0.29) is 5.91 Å². The number of amides is 1. The largest absolute Gasteiger partial charge is 0.493 e. The second-order valence-corrected chi connectivity index (χ2v) is 7.26. The van der Waals surface area contributed by atoms with Crippen molar-refractivity contribution in [1.29, 1.82) is 0 Å². The van der Waals surface area contributed by atoms with E-state index in [0.29, 0.717) is 46.9 Å². The number of rotatable bonds is 5. The minimum absolute atomic E-state index is 0.136. The molecule has 0 aliphatic carbocycles. The molecular formula is C17H22Cl2N2O2. The van der Waals surface area contributed by atoms with Gasteiger partial charge >= 0.3 is 0 Å². The molecule has 2 aliphatic heterocycles. The first-order chi connectivity index (χ1) is 11.0. The molecule has 23 heavy (non-hydrogen) atoms. The van der Waals surface area contributed by atoms with E-state index in [0.717, 1.165) is 12.8 Å². The number of nitrogens with zero attached hydrogens (tertiary/aromatic N) is 1. The number of carbonyl (C=O) groups excluding carboxylic acids is 1. The molecule has 1 aromatic carbocycles. The van der Waals surface area contributed by atoms with Gasteiger partial charge in [0, 0.05) is 31.2 Å². The van der Waals surface area contributed by atoms with Gasteiger partial charge in [-0.05, 0) is 37.8 Å². The van der Waals surface area contributed by atoms with Crippen molar-refractivity contribution < 1.29 is 9.53 Å². The molecule has 2 heterocycles. The highest BCUT2D eigenvalue weighted by molar-refractivity contribution is 6.42. The zero-order valence-corrected chi connectivity index (χ0v) is 14.7. The fraction of sp³-hybridized carbons (Fsp3) is 0.588. The lowest BCUT2D eigenvalue weighted by Gasteiger charge is -2.35. The van der Waals surface area contributed by atoms with Gasteiger partial charge < -0.3 is 15.0 Å². The Morgan fingerprint density at radius 3 is 2.61 bits per heavy atom. The molecule has 0 saturated carbocycles. The molecule has 4 nitrogen and oxygen atoms in total. The summed E-state index contributed by atoms with van der Waals surface area (Å²) in [5.74, 6) is 0.770. The third-order valence-electron chi connectivity index (χ3n) is 4.87. The highest BCUT2D eigenvalue weighted by Gasteiger charge is 2.36. The molecule has 2 saturated heterocycles. The monoisotopic (exact) mass is 356 g/mol. The van der Waals surface area contributed by atoms with Crippen LogP contribution in [0.2, 0.25) is 10.0 Å². The van der Waals surface area contributed by atoms with Gasteiger partial charge in [-0.15, -0.1) is 0 Å². The van der Waals surface area contributed by atoms with Gasteiger partial charge in [0.15, 0.2) is 0 Å². The van der Waals surface area contributed by atoms with E-state index in [4.69, 9.17) is 27.9 Å². The third kappa shape index (κ3) is 4.11. The van der Waals surface area contributed by atoms with E-state index < -0.39 is 0 Å². The van der Waals surface area contributed by atoms with Crippen LogP contribution in [0.5, 0.6) is 5.75 Å². The first kappa shape index (κ1) is 16.9. The van der Waals surface area contributed by atoms with Crippen molar-refractivity contribution in [3.63, 3.8) is 0 Å². The number of benzene rings is 1. The van der Waals surface area contributed by atoms with Crippen LogP contribution >= 0.6 is 23.2 Å². The maximum Gasteiger partial charge on any atom is 0.225 e. The molecule has 6 heteroatoms. The van der Waals surface area contributed by atoms with E-state index in [1.165, 1.54) is 12.8 Å². The van der Waals surface area contributed by atoms with E-state index in [9.17, 15) is 4.79 Å². The van der Waals surface area contributed by atoms with E-state index in [2.05, 4.69) is 5.32 Å². The molecule has 0 spiro atoms. The van der Waals surface area contributed by atoms with Crippen LogP contribution in [-0.4, -0.2) is 42.6 Å². The SMILES string of the molecule is CN(C(=O)CCOc1ccc(Cl)c(Cl)c1)C1CC2CCC(C1)N2. The molecule has 2 fully saturated rings. The summed E-state index contributed by atoms with van der Waals surface area (Å²) >= 11 is 11.8. The van der Waals surface area contributed by atoms with Gasteiger partial charge in [0.1, 0.15) is 5.75 Å². The van der Waals surface area contributed by atoms with E-state index in [1.807, 2.05) is 11.9 Å². The number of nitrogens with one attached hydrogen (secondary N) is 1. The Morgan fingerprint density at radius 1 is 1.26 bits per heavy atom. The number of fused-ring (bicyclic) bond motifs is 2. The highest BCUT2D eigenvalue weighted by Crippen LogP contribution is 2.29. The molecule has 1 N–H and O–H groups in total. The van der Waals surface area contributed by atoms with Crippen molar-refractivity contribution in [3.8, 4) is 5.75 Å². The number of piperidine rings is 1. The number of ether oxygens (including phenoxy) is 1. The fourth-order valence-corrected chi connectivity index (χ4v) is 3.83. The minimum Gasteiger partial charge on any atom is -0.493 e. The summed E-state index contributed by atoms with van der Waals surface area (Å²) in [5, 5.41) is 4.55.